The molecule has 0 aliphatic carbocycles. The van der Waals surface area contributed by atoms with Crippen LogP contribution in [0, 0.1) is 5.92 Å². The van der Waals surface area contributed by atoms with Crippen LogP contribution in [0.25, 0.3) is 0 Å². The van der Waals surface area contributed by atoms with Gasteiger partial charge in [-0.2, -0.15) is 0 Å². The Balaban J connectivity index is 2.12. The molecule has 7 nitrogen and oxygen atoms in total. The van der Waals surface area contributed by atoms with Gasteiger partial charge in [-0.1, -0.05) is 32.0 Å². The molecule has 0 saturated heterocycles. The second-order valence-electron chi connectivity index (χ2n) is 7.06. The molecule has 0 heterocycles. The fourth-order valence-electron chi connectivity index (χ4n) is 2.62. The summed E-state index contributed by atoms with van der Waals surface area (Å²) in [5, 5.41) is 2.93. The third-order valence-electron chi connectivity index (χ3n) is 4.11. The number of carbonyl (C=O) groups is 2. The first-order valence-corrected chi connectivity index (χ1v) is 9.43. The maximum absolute atomic E-state index is 12.7. The predicted molar refractivity (Wildman–Crippen MR) is 110 cm³/mol. The molecule has 0 radical (unpaired) electrons. The van der Waals surface area contributed by atoms with Crippen molar-refractivity contribution in [3.8, 4) is 17.2 Å². The SMILES string of the molecule is COc1cc(C(C)NC(=O)c2ccccc2OCC(N)=O)ccc1OCC(C)C. The van der Waals surface area contributed by atoms with Gasteiger partial charge in [0.25, 0.3) is 11.8 Å². The Bertz CT molecular complexity index is 851. The summed E-state index contributed by atoms with van der Waals surface area (Å²) in [4.78, 5) is 23.7. The van der Waals surface area contributed by atoms with E-state index in [9.17, 15) is 9.59 Å². The minimum absolute atomic E-state index is 0.292. The number of carbonyl (C=O) groups excluding carboxylic acids is 2. The molecule has 156 valence electrons. The van der Waals surface area contributed by atoms with Crippen molar-refractivity contribution in [3.05, 3.63) is 53.6 Å². The standard InChI is InChI=1S/C22H28N2O5/c1-14(2)12-28-19-10-9-16(11-20(19)27-4)15(3)24-22(26)17-7-5-6-8-18(17)29-13-21(23)25/h5-11,14-15H,12-13H2,1-4H3,(H2,23,25)(H,24,26). The molecule has 0 spiro atoms. The zero-order valence-electron chi connectivity index (χ0n) is 17.2. The molecule has 29 heavy (non-hydrogen) atoms. The second-order valence-corrected chi connectivity index (χ2v) is 7.06. The lowest BCUT2D eigenvalue weighted by molar-refractivity contribution is -0.119. The molecule has 0 fully saturated rings. The van der Waals surface area contributed by atoms with Gasteiger partial charge in [-0.3, -0.25) is 9.59 Å². The third-order valence-corrected chi connectivity index (χ3v) is 4.11. The van der Waals surface area contributed by atoms with Gasteiger partial charge in [-0.25, -0.2) is 0 Å². The van der Waals surface area contributed by atoms with E-state index in [0.717, 1.165) is 5.56 Å². The Kier molecular flexibility index (Phi) is 7.88. The van der Waals surface area contributed by atoms with Crippen molar-refractivity contribution in [1.82, 2.24) is 5.32 Å². The van der Waals surface area contributed by atoms with Crippen LogP contribution in [0.4, 0.5) is 0 Å². The summed E-state index contributed by atoms with van der Waals surface area (Å²) in [6.45, 7) is 6.31. The monoisotopic (exact) mass is 400 g/mol. The van der Waals surface area contributed by atoms with Gasteiger partial charge in [0.05, 0.1) is 25.3 Å². The van der Waals surface area contributed by atoms with Crippen molar-refractivity contribution < 1.29 is 23.8 Å². The van der Waals surface area contributed by atoms with E-state index in [1.54, 1.807) is 31.4 Å². The average molecular weight is 400 g/mol. The fraction of sp³-hybridized carbons (Fsp3) is 0.364. The number of nitrogens with one attached hydrogen (secondary N) is 1. The van der Waals surface area contributed by atoms with E-state index < -0.39 is 5.91 Å². The number of amides is 2. The highest BCUT2D eigenvalue weighted by Gasteiger charge is 2.17. The molecule has 0 saturated carbocycles. The maximum atomic E-state index is 12.7. The van der Waals surface area contributed by atoms with Crippen LogP contribution in [-0.4, -0.2) is 32.1 Å². The summed E-state index contributed by atoms with van der Waals surface area (Å²) >= 11 is 0. The Hall–Kier alpha value is -3.22. The minimum Gasteiger partial charge on any atom is -0.493 e. The average Bonchev–Trinajstić information content (AvgIpc) is 2.70. The van der Waals surface area contributed by atoms with Crippen LogP contribution in [0.1, 0.15) is 42.7 Å². The van der Waals surface area contributed by atoms with Crippen LogP contribution >= 0.6 is 0 Å². The Morgan fingerprint density at radius 2 is 1.72 bits per heavy atom. The quantitative estimate of drug-likeness (QED) is 0.638. The topological polar surface area (TPSA) is 99.9 Å². The molecule has 0 aliphatic heterocycles. The first kappa shape index (κ1) is 22.1. The van der Waals surface area contributed by atoms with E-state index in [1.165, 1.54) is 0 Å². The van der Waals surface area contributed by atoms with Crippen LogP contribution in [-0.2, 0) is 4.79 Å². The van der Waals surface area contributed by atoms with Crippen molar-refractivity contribution >= 4 is 11.8 Å². The highest BCUT2D eigenvalue weighted by molar-refractivity contribution is 5.97. The van der Waals surface area contributed by atoms with E-state index in [2.05, 4.69) is 19.2 Å². The number of ether oxygens (including phenoxy) is 3. The molecular weight excluding hydrogens is 372 g/mol. The first-order valence-electron chi connectivity index (χ1n) is 9.43. The second kappa shape index (κ2) is 10.4. The van der Waals surface area contributed by atoms with Crippen LogP contribution in [0.15, 0.2) is 42.5 Å². The van der Waals surface area contributed by atoms with E-state index >= 15 is 0 Å². The molecule has 1 unspecified atom stereocenters. The highest BCUT2D eigenvalue weighted by atomic mass is 16.5. The number of nitrogens with two attached hydrogens (primary N) is 1. The molecular formula is C22H28N2O5. The van der Waals surface area contributed by atoms with Gasteiger partial charge >= 0.3 is 0 Å². The third kappa shape index (κ3) is 6.41. The largest absolute Gasteiger partial charge is 0.493 e. The normalized spacial score (nSPS) is 11.6. The lowest BCUT2D eigenvalue weighted by atomic mass is 10.1. The van der Waals surface area contributed by atoms with Gasteiger partial charge in [0.1, 0.15) is 5.75 Å². The van der Waals surface area contributed by atoms with Crippen LogP contribution < -0.4 is 25.3 Å². The zero-order valence-corrected chi connectivity index (χ0v) is 17.2. The smallest absolute Gasteiger partial charge is 0.255 e. The van der Waals surface area contributed by atoms with Gasteiger partial charge in [0.2, 0.25) is 0 Å². The molecule has 0 bridgehead atoms. The van der Waals surface area contributed by atoms with Gasteiger partial charge in [0.15, 0.2) is 18.1 Å². The van der Waals surface area contributed by atoms with Crippen LogP contribution in [0.3, 0.4) is 0 Å². The predicted octanol–water partition coefficient (Wildman–Crippen LogP) is 3.09. The molecule has 7 heteroatoms. The van der Waals surface area contributed by atoms with Gasteiger partial charge < -0.3 is 25.3 Å². The number of primary amides is 1. The van der Waals surface area contributed by atoms with Gasteiger partial charge in [0, 0.05) is 0 Å². The summed E-state index contributed by atoms with van der Waals surface area (Å²) in [6.07, 6.45) is 0. The molecule has 3 N–H and O–H groups in total. The number of para-hydroxylation sites is 1. The van der Waals surface area contributed by atoms with Crippen molar-refractivity contribution in [3.63, 3.8) is 0 Å². The Labute approximate surface area is 171 Å². The van der Waals surface area contributed by atoms with Crippen molar-refractivity contribution in [1.29, 1.82) is 0 Å². The number of hydrogen-bond donors (Lipinski definition) is 2. The summed E-state index contributed by atoms with van der Waals surface area (Å²) in [5.41, 5.74) is 6.30. The van der Waals surface area contributed by atoms with Gasteiger partial charge in [-0.15, -0.1) is 0 Å². The number of hydrogen-bond acceptors (Lipinski definition) is 5. The molecule has 0 aliphatic rings. The van der Waals surface area contributed by atoms with Crippen molar-refractivity contribution in [2.45, 2.75) is 26.8 Å². The summed E-state index contributed by atoms with van der Waals surface area (Å²) in [6, 6.07) is 12.0. The van der Waals surface area contributed by atoms with E-state index in [4.69, 9.17) is 19.9 Å². The lowest BCUT2D eigenvalue weighted by Crippen LogP contribution is -2.28. The van der Waals surface area contributed by atoms with E-state index in [-0.39, 0.29) is 18.6 Å². The van der Waals surface area contributed by atoms with E-state index in [1.807, 2.05) is 25.1 Å². The summed E-state index contributed by atoms with van der Waals surface area (Å²) < 4.78 is 16.5. The number of benzene rings is 2. The van der Waals surface area contributed by atoms with Gasteiger partial charge in [-0.05, 0) is 42.7 Å². The summed E-state index contributed by atoms with van der Waals surface area (Å²) in [7, 11) is 1.58. The van der Waals surface area contributed by atoms with Crippen molar-refractivity contribution in [2.75, 3.05) is 20.3 Å². The molecule has 0 aromatic heterocycles. The molecule has 2 aromatic rings. The first-order chi connectivity index (χ1) is 13.8. The number of methoxy groups -OCH3 is 1. The lowest BCUT2D eigenvalue weighted by Gasteiger charge is -2.18. The highest BCUT2D eigenvalue weighted by Crippen LogP contribution is 2.31. The van der Waals surface area contributed by atoms with E-state index in [0.29, 0.717) is 35.3 Å². The Morgan fingerprint density at radius 3 is 2.38 bits per heavy atom. The van der Waals surface area contributed by atoms with Crippen LogP contribution in [0.2, 0.25) is 0 Å². The maximum Gasteiger partial charge on any atom is 0.255 e. The van der Waals surface area contributed by atoms with Crippen LogP contribution in [0.5, 0.6) is 17.2 Å². The summed E-state index contributed by atoms with van der Waals surface area (Å²) in [5.74, 6) is 1.03. The fourth-order valence-corrected chi connectivity index (χ4v) is 2.62. The molecule has 2 rings (SSSR count). The molecule has 1 atom stereocenters. The Morgan fingerprint density at radius 1 is 1.00 bits per heavy atom. The van der Waals surface area contributed by atoms with Crippen molar-refractivity contribution in [2.24, 2.45) is 11.7 Å². The molecule has 2 amide bonds. The number of rotatable bonds is 10. The minimum atomic E-state index is -0.611. The zero-order chi connectivity index (χ0) is 21.4. The molecule has 2 aromatic carbocycles.